The van der Waals surface area contributed by atoms with Crippen molar-refractivity contribution < 1.29 is 12.8 Å². The molecule has 1 heterocycles. The fourth-order valence-corrected chi connectivity index (χ4v) is 2.64. The van der Waals surface area contributed by atoms with Gasteiger partial charge < -0.3 is 10.2 Å². The summed E-state index contributed by atoms with van der Waals surface area (Å²) >= 11 is 3.21. The highest BCUT2D eigenvalue weighted by Crippen LogP contribution is 2.22. The van der Waals surface area contributed by atoms with Gasteiger partial charge in [0.15, 0.2) is 0 Å². The van der Waals surface area contributed by atoms with Gasteiger partial charge in [0, 0.05) is 22.3 Å². The van der Waals surface area contributed by atoms with E-state index in [1.807, 2.05) is 0 Å². The number of nitrogen functional groups attached to an aromatic ring is 1. The lowest BCUT2D eigenvalue weighted by Crippen LogP contribution is -2.23. The summed E-state index contributed by atoms with van der Waals surface area (Å²) in [6.07, 6.45) is 2.97. The summed E-state index contributed by atoms with van der Waals surface area (Å²) in [4.78, 5) is 0.131. The lowest BCUT2D eigenvalue weighted by Gasteiger charge is -2.07. The molecular weight excluding hydrogens is 320 g/mol. The predicted octanol–water partition coefficient (Wildman–Crippen LogP) is 2.10. The molecule has 0 saturated carbocycles. The van der Waals surface area contributed by atoms with Crippen molar-refractivity contribution in [2.45, 2.75) is 11.4 Å². The number of sulfonamides is 1. The van der Waals surface area contributed by atoms with Crippen LogP contribution in [0.2, 0.25) is 0 Å². The number of benzene rings is 1. The second-order valence-corrected chi connectivity index (χ2v) is 6.26. The average molecular weight is 331 g/mol. The molecule has 1 aromatic carbocycles. The Balaban J connectivity index is 2.17. The van der Waals surface area contributed by atoms with Crippen LogP contribution in [0.3, 0.4) is 0 Å². The number of furan rings is 1. The molecule has 18 heavy (non-hydrogen) atoms. The minimum Gasteiger partial charge on any atom is -0.472 e. The molecular formula is C11H11BrN2O3S. The number of nitrogens with one attached hydrogen (secondary N) is 1. The third-order valence-corrected chi connectivity index (χ3v) is 4.45. The smallest absolute Gasteiger partial charge is 0.240 e. The zero-order valence-corrected chi connectivity index (χ0v) is 11.7. The quantitative estimate of drug-likeness (QED) is 0.840. The second-order valence-electron chi connectivity index (χ2n) is 3.64. The van der Waals surface area contributed by atoms with Crippen molar-refractivity contribution in [2.24, 2.45) is 0 Å². The third kappa shape index (κ3) is 2.92. The van der Waals surface area contributed by atoms with Gasteiger partial charge in [-0.3, -0.25) is 0 Å². The molecule has 0 unspecified atom stereocenters. The lowest BCUT2D eigenvalue weighted by molar-refractivity contribution is 0.561. The number of rotatable bonds is 4. The molecule has 0 spiro atoms. The highest BCUT2D eigenvalue weighted by atomic mass is 79.9. The van der Waals surface area contributed by atoms with Crippen LogP contribution in [0, 0.1) is 0 Å². The molecule has 0 amide bonds. The summed E-state index contributed by atoms with van der Waals surface area (Å²) in [5, 5.41) is 0. The van der Waals surface area contributed by atoms with Gasteiger partial charge in [0.05, 0.1) is 17.4 Å². The first-order valence-electron chi connectivity index (χ1n) is 5.05. The number of halogens is 1. The fourth-order valence-electron chi connectivity index (χ4n) is 1.34. The number of hydrogen-bond donors (Lipinski definition) is 2. The summed E-state index contributed by atoms with van der Waals surface area (Å²) in [7, 11) is -3.57. The van der Waals surface area contributed by atoms with E-state index in [1.54, 1.807) is 12.1 Å². The largest absolute Gasteiger partial charge is 0.472 e. The molecule has 0 fully saturated rings. The Morgan fingerprint density at radius 1 is 1.33 bits per heavy atom. The van der Waals surface area contributed by atoms with E-state index in [1.165, 1.54) is 24.7 Å². The van der Waals surface area contributed by atoms with Crippen LogP contribution in [0.5, 0.6) is 0 Å². The van der Waals surface area contributed by atoms with Crippen LogP contribution in [-0.4, -0.2) is 8.42 Å². The van der Waals surface area contributed by atoms with E-state index in [-0.39, 0.29) is 11.4 Å². The lowest BCUT2D eigenvalue weighted by atomic mass is 10.3. The van der Waals surface area contributed by atoms with Crippen LogP contribution in [0.25, 0.3) is 0 Å². The summed E-state index contributed by atoms with van der Waals surface area (Å²) in [6, 6.07) is 6.18. The highest BCUT2D eigenvalue weighted by molar-refractivity contribution is 9.10. The van der Waals surface area contributed by atoms with Gasteiger partial charge in [0.1, 0.15) is 0 Å². The van der Waals surface area contributed by atoms with Crippen molar-refractivity contribution >= 4 is 31.6 Å². The van der Waals surface area contributed by atoms with E-state index in [9.17, 15) is 8.42 Å². The number of nitrogens with two attached hydrogens (primary N) is 1. The van der Waals surface area contributed by atoms with E-state index >= 15 is 0 Å². The van der Waals surface area contributed by atoms with E-state index in [0.29, 0.717) is 10.2 Å². The zero-order valence-electron chi connectivity index (χ0n) is 9.26. The normalized spacial score (nSPS) is 11.6. The summed E-state index contributed by atoms with van der Waals surface area (Å²) in [5.41, 5.74) is 6.78. The van der Waals surface area contributed by atoms with Crippen LogP contribution in [0.1, 0.15) is 5.56 Å². The Labute approximate surface area is 113 Å². The first-order chi connectivity index (χ1) is 8.49. The van der Waals surface area contributed by atoms with Gasteiger partial charge in [-0.1, -0.05) is 0 Å². The molecule has 0 aliphatic heterocycles. The topological polar surface area (TPSA) is 85.3 Å². The van der Waals surface area contributed by atoms with Crippen molar-refractivity contribution in [3.63, 3.8) is 0 Å². The maximum Gasteiger partial charge on any atom is 0.240 e. The molecule has 1 aromatic heterocycles. The monoisotopic (exact) mass is 330 g/mol. The van der Waals surface area contributed by atoms with Gasteiger partial charge in [0.25, 0.3) is 0 Å². The standard InChI is InChI=1S/C11H11BrN2O3S/c12-10-2-1-9(5-11(10)13)18(15,16)14-6-8-3-4-17-7-8/h1-5,7,14H,6,13H2. The van der Waals surface area contributed by atoms with Crippen molar-refractivity contribution in [1.82, 2.24) is 4.72 Å². The maximum atomic E-state index is 12.0. The minimum atomic E-state index is -3.57. The molecule has 0 aliphatic rings. The third-order valence-electron chi connectivity index (χ3n) is 2.32. The molecule has 3 N–H and O–H groups in total. The average Bonchev–Trinajstić information content (AvgIpc) is 2.83. The first-order valence-corrected chi connectivity index (χ1v) is 7.32. The first kappa shape index (κ1) is 13.1. The van der Waals surface area contributed by atoms with Crippen LogP contribution in [0.15, 0.2) is 50.6 Å². The van der Waals surface area contributed by atoms with Crippen molar-refractivity contribution in [3.05, 3.63) is 46.8 Å². The molecule has 2 aromatic rings. The van der Waals surface area contributed by atoms with Gasteiger partial charge in [-0.25, -0.2) is 13.1 Å². The Hall–Kier alpha value is -1.31. The van der Waals surface area contributed by atoms with Gasteiger partial charge in [0.2, 0.25) is 10.0 Å². The minimum absolute atomic E-state index is 0.131. The maximum absolute atomic E-state index is 12.0. The van der Waals surface area contributed by atoms with Gasteiger partial charge in [-0.2, -0.15) is 0 Å². The summed E-state index contributed by atoms with van der Waals surface area (Å²) in [6.45, 7) is 0.175. The van der Waals surface area contributed by atoms with Crippen LogP contribution in [-0.2, 0) is 16.6 Å². The highest BCUT2D eigenvalue weighted by Gasteiger charge is 2.14. The van der Waals surface area contributed by atoms with Crippen LogP contribution in [0.4, 0.5) is 5.69 Å². The Bertz CT molecular complexity index is 638. The van der Waals surface area contributed by atoms with Crippen molar-refractivity contribution in [3.8, 4) is 0 Å². The SMILES string of the molecule is Nc1cc(S(=O)(=O)NCc2ccoc2)ccc1Br. The van der Waals surface area contributed by atoms with Crippen LogP contribution < -0.4 is 10.5 Å². The van der Waals surface area contributed by atoms with Crippen LogP contribution >= 0.6 is 15.9 Å². The molecule has 0 bridgehead atoms. The van der Waals surface area contributed by atoms with Gasteiger partial charge in [-0.05, 0) is 40.2 Å². The van der Waals surface area contributed by atoms with Gasteiger partial charge in [-0.15, -0.1) is 0 Å². The molecule has 0 saturated heterocycles. The summed E-state index contributed by atoms with van der Waals surface area (Å²) < 4.78 is 31.9. The van der Waals surface area contributed by atoms with Gasteiger partial charge >= 0.3 is 0 Å². The van der Waals surface area contributed by atoms with Crippen molar-refractivity contribution in [2.75, 3.05) is 5.73 Å². The molecule has 0 aliphatic carbocycles. The van der Waals surface area contributed by atoms with Crippen molar-refractivity contribution in [1.29, 1.82) is 0 Å². The Morgan fingerprint density at radius 3 is 2.72 bits per heavy atom. The number of anilines is 1. The summed E-state index contributed by atoms with van der Waals surface area (Å²) in [5.74, 6) is 0. The molecule has 2 rings (SSSR count). The molecule has 96 valence electrons. The molecule has 5 nitrogen and oxygen atoms in total. The van der Waals surface area contributed by atoms with E-state index < -0.39 is 10.0 Å². The molecule has 0 radical (unpaired) electrons. The second kappa shape index (κ2) is 5.13. The van der Waals surface area contributed by atoms with E-state index in [4.69, 9.17) is 10.2 Å². The Kier molecular flexibility index (Phi) is 3.74. The Morgan fingerprint density at radius 2 is 2.11 bits per heavy atom. The van der Waals surface area contributed by atoms with E-state index in [0.717, 1.165) is 5.56 Å². The predicted molar refractivity (Wildman–Crippen MR) is 71.3 cm³/mol. The molecule has 7 heteroatoms. The molecule has 0 atom stereocenters. The zero-order chi connectivity index (χ0) is 13.2. The fraction of sp³-hybridized carbons (Fsp3) is 0.0909. The number of hydrogen-bond acceptors (Lipinski definition) is 4. The van der Waals surface area contributed by atoms with E-state index in [2.05, 4.69) is 20.7 Å².